The summed E-state index contributed by atoms with van der Waals surface area (Å²) >= 11 is 0. The first-order chi connectivity index (χ1) is 15.2. The highest BCUT2D eigenvalue weighted by atomic mass is 16.3. The molecule has 3 N–H and O–H groups in total. The van der Waals surface area contributed by atoms with Gasteiger partial charge in [0, 0.05) is 23.6 Å². The summed E-state index contributed by atoms with van der Waals surface area (Å²) in [6, 6.07) is -1.57. The van der Waals surface area contributed by atoms with Crippen molar-refractivity contribution in [2.24, 2.45) is 28.6 Å². The van der Waals surface area contributed by atoms with E-state index >= 15 is 0 Å². The number of carbonyl (C=O) groups is 2. The summed E-state index contributed by atoms with van der Waals surface area (Å²) in [5.41, 5.74) is -7.22. The van der Waals surface area contributed by atoms with Crippen LogP contribution in [0.1, 0.15) is 56.8 Å². The van der Waals surface area contributed by atoms with Crippen molar-refractivity contribution in [1.82, 2.24) is 0 Å². The first kappa shape index (κ1) is 10.9. The largest absolute Gasteiger partial charge is 0.393 e. The molecule has 4 aliphatic carbocycles. The first-order valence-corrected chi connectivity index (χ1v) is 8.79. The number of aliphatic hydroxyl groups excluding tert-OH is 1. The van der Waals surface area contributed by atoms with Gasteiger partial charge in [-0.05, 0) is 55.9 Å². The number of carbonyl (C=O) groups excluding carboxylic acids is 2. The highest BCUT2D eigenvalue weighted by molar-refractivity contribution is 6.01. The summed E-state index contributed by atoms with van der Waals surface area (Å²) in [6.07, 6.45) is -8.93. The van der Waals surface area contributed by atoms with Crippen molar-refractivity contribution < 1.29 is 35.9 Å². The SMILES string of the molecule is [2H]C1=C[C@@]2(C)C(=C([2H])C1=O)C([2H])([2H])CC1[C@@H]3CC[C@](O)(C(=O)CO)[C@@]3(C)C([2H])([2H])[C@]([2H])(O)[C@@]12[2H]. The Bertz CT molecular complexity index is 1070. The van der Waals surface area contributed by atoms with Gasteiger partial charge in [0.1, 0.15) is 12.2 Å². The molecule has 1 unspecified atom stereocenters. The molecule has 0 spiro atoms. The molecule has 26 heavy (non-hydrogen) atoms. The fraction of sp³-hybridized carbons (Fsp3) is 0.714. The number of hydrogen-bond acceptors (Lipinski definition) is 5. The van der Waals surface area contributed by atoms with Crippen molar-refractivity contribution in [3.8, 4) is 0 Å². The molecule has 0 saturated heterocycles. The van der Waals surface area contributed by atoms with Crippen molar-refractivity contribution in [1.29, 1.82) is 0 Å². The van der Waals surface area contributed by atoms with Gasteiger partial charge < -0.3 is 15.3 Å². The van der Waals surface area contributed by atoms with E-state index in [1.165, 1.54) is 13.8 Å². The van der Waals surface area contributed by atoms with Gasteiger partial charge in [-0.15, -0.1) is 0 Å². The first-order valence-electron chi connectivity index (χ1n) is 12.8. The van der Waals surface area contributed by atoms with E-state index in [2.05, 4.69) is 0 Å². The number of Topliss-reactive ketones (excluding diaryl/α,β-unsaturated/α-hetero) is 1. The second-order valence-electron chi connectivity index (χ2n) is 7.98. The van der Waals surface area contributed by atoms with Crippen LogP contribution in [0.15, 0.2) is 23.8 Å². The van der Waals surface area contributed by atoms with Gasteiger partial charge in [-0.25, -0.2) is 0 Å². The molecule has 0 bridgehead atoms. The van der Waals surface area contributed by atoms with Gasteiger partial charge in [0.25, 0.3) is 0 Å². The van der Waals surface area contributed by atoms with Crippen LogP contribution in [0.4, 0.5) is 0 Å². The number of fused-ring (bicyclic) bond motifs is 5. The fourth-order valence-electron chi connectivity index (χ4n) is 5.36. The van der Waals surface area contributed by atoms with Crippen molar-refractivity contribution in [2.75, 3.05) is 6.61 Å². The van der Waals surface area contributed by atoms with Gasteiger partial charge in [-0.3, -0.25) is 9.59 Å². The Labute approximate surface area is 165 Å². The molecule has 0 aromatic heterocycles. The standard InChI is InChI=1S/C21H28O5/c1-19-7-5-13(23)9-12(19)3-4-14-15-6-8-21(26,17(25)11-22)20(15,2)10-16(24)18(14)19/h5,7,9,14-16,18,22,24,26H,3-4,6,8,10-11H2,1-2H3/t14?,15-,16-,18+,19-,20-,21-/m0/s1/i3D2,5D,9D,10D2,16D,18D. The van der Waals surface area contributed by atoms with Gasteiger partial charge in [0.15, 0.2) is 11.6 Å². The van der Waals surface area contributed by atoms with Crippen molar-refractivity contribution in [2.45, 2.75) is 57.5 Å². The molecule has 0 heterocycles. The summed E-state index contributed by atoms with van der Waals surface area (Å²) in [6.45, 7) is 1.31. The van der Waals surface area contributed by atoms with Crippen molar-refractivity contribution in [3.05, 3.63) is 23.8 Å². The van der Waals surface area contributed by atoms with Crippen molar-refractivity contribution in [3.63, 3.8) is 0 Å². The predicted octanol–water partition coefficient (Wildman–Crippen LogP) is 1.56. The number of rotatable bonds is 2. The van der Waals surface area contributed by atoms with Gasteiger partial charge in [-0.1, -0.05) is 25.5 Å². The maximum absolute atomic E-state index is 12.6. The second kappa shape index (κ2) is 5.60. The minimum absolute atomic E-state index is 0.0467. The van der Waals surface area contributed by atoms with E-state index in [1.807, 2.05) is 0 Å². The Hall–Kier alpha value is -1.30. The summed E-state index contributed by atoms with van der Waals surface area (Å²) in [4.78, 5) is 25.0. The van der Waals surface area contributed by atoms with E-state index in [-0.39, 0.29) is 12.8 Å². The number of allylic oxidation sites excluding steroid dienone is 4. The minimum Gasteiger partial charge on any atom is -0.393 e. The lowest BCUT2D eigenvalue weighted by Gasteiger charge is -2.59. The molecule has 5 nitrogen and oxygen atoms in total. The van der Waals surface area contributed by atoms with E-state index in [4.69, 9.17) is 9.60 Å². The molecule has 0 aromatic carbocycles. The van der Waals surface area contributed by atoms with Crippen LogP contribution in [0.2, 0.25) is 0 Å². The van der Waals surface area contributed by atoms with Crippen LogP contribution in [-0.4, -0.2) is 45.2 Å². The van der Waals surface area contributed by atoms with E-state index < -0.39 is 95.3 Å². The minimum atomic E-state index is -3.39. The molecule has 4 aliphatic rings. The smallest absolute Gasteiger partial charge is 0.190 e. The highest BCUT2D eigenvalue weighted by Crippen LogP contribution is 2.67. The Balaban J connectivity index is 2.09. The molecule has 5 heteroatoms. The molecule has 3 fully saturated rings. The Morgan fingerprint density at radius 1 is 1.46 bits per heavy atom. The Kier molecular flexibility index (Phi) is 2.34. The highest BCUT2D eigenvalue weighted by Gasteiger charge is 2.67. The zero-order chi connectivity index (χ0) is 26.1. The number of hydrogen-bond donors (Lipinski definition) is 3. The lowest BCUT2D eigenvalue weighted by molar-refractivity contribution is -0.178. The summed E-state index contributed by atoms with van der Waals surface area (Å²) < 4.78 is 69.8. The van der Waals surface area contributed by atoms with E-state index in [1.54, 1.807) is 0 Å². The van der Waals surface area contributed by atoms with Gasteiger partial charge >= 0.3 is 0 Å². The zero-order valence-corrected chi connectivity index (χ0v) is 14.7. The van der Waals surface area contributed by atoms with Gasteiger partial charge in [0.2, 0.25) is 0 Å². The van der Waals surface area contributed by atoms with Crippen LogP contribution in [0.5, 0.6) is 0 Å². The van der Waals surface area contributed by atoms with Gasteiger partial charge in [-0.2, -0.15) is 0 Å². The lowest BCUT2D eigenvalue weighted by atomic mass is 9.46. The molecule has 0 aliphatic heterocycles. The molecule has 0 amide bonds. The third-order valence-electron chi connectivity index (χ3n) is 6.82. The Morgan fingerprint density at radius 2 is 2.19 bits per heavy atom. The molecule has 142 valence electrons. The topological polar surface area (TPSA) is 94.8 Å². The number of aliphatic hydroxyl groups is 3. The predicted molar refractivity (Wildman–Crippen MR) is 95.0 cm³/mol. The third-order valence-corrected chi connectivity index (χ3v) is 6.82. The quantitative estimate of drug-likeness (QED) is 0.688. The van der Waals surface area contributed by atoms with Crippen LogP contribution >= 0.6 is 0 Å². The Morgan fingerprint density at radius 3 is 2.88 bits per heavy atom. The average molecular weight is 368 g/mol. The summed E-state index contributed by atoms with van der Waals surface area (Å²) in [7, 11) is 0. The normalized spacial score (nSPS) is 64.7. The summed E-state index contributed by atoms with van der Waals surface area (Å²) in [5, 5.41) is 32.5. The molecular formula is C21H28O5. The fourth-order valence-corrected chi connectivity index (χ4v) is 5.36. The molecule has 0 radical (unpaired) electrons. The second-order valence-corrected chi connectivity index (χ2v) is 7.98. The van der Waals surface area contributed by atoms with Crippen LogP contribution in [-0.2, 0) is 9.59 Å². The summed E-state index contributed by atoms with van der Waals surface area (Å²) in [5.74, 6) is -7.14. The third kappa shape index (κ3) is 2.08. The molecular weight excluding hydrogens is 332 g/mol. The van der Waals surface area contributed by atoms with E-state index in [9.17, 15) is 26.3 Å². The lowest BCUT2D eigenvalue weighted by Crippen LogP contribution is -2.61. The molecule has 3 saturated carbocycles. The maximum Gasteiger partial charge on any atom is 0.190 e. The van der Waals surface area contributed by atoms with E-state index in [0.717, 1.165) is 6.08 Å². The van der Waals surface area contributed by atoms with Crippen molar-refractivity contribution >= 4 is 11.6 Å². The van der Waals surface area contributed by atoms with Crippen LogP contribution in [0, 0.1) is 28.6 Å². The van der Waals surface area contributed by atoms with Crippen LogP contribution < -0.4 is 0 Å². The zero-order valence-electron chi connectivity index (χ0n) is 22.7. The van der Waals surface area contributed by atoms with Gasteiger partial charge in [0.05, 0.1) is 10.2 Å². The average Bonchev–Trinajstić information content (AvgIpc) is 3.00. The number of ketones is 2. The molecule has 0 aromatic rings. The van der Waals surface area contributed by atoms with E-state index in [0.29, 0.717) is 0 Å². The molecule has 4 rings (SSSR count). The molecule has 7 atom stereocenters. The van der Waals surface area contributed by atoms with Crippen LogP contribution in [0.25, 0.3) is 0 Å². The van der Waals surface area contributed by atoms with Crippen LogP contribution in [0.3, 0.4) is 0 Å². The maximum atomic E-state index is 12.6. The monoisotopic (exact) mass is 368 g/mol.